The predicted molar refractivity (Wildman–Crippen MR) is 120 cm³/mol. The van der Waals surface area contributed by atoms with E-state index in [2.05, 4.69) is 5.32 Å². The van der Waals surface area contributed by atoms with E-state index < -0.39 is 12.0 Å². The van der Waals surface area contributed by atoms with Crippen molar-refractivity contribution in [2.75, 3.05) is 32.3 Å². The van der Waals surface area contributed by atoms with E-state index in [-0.39, 0.29) is 17.4 Å². The van der Waals surface area contributed by atoms with Gasteiger partial charge in [0.2, 0.25) is 0 Å². The lowest BCUT2D eigenvalue weighted by Crippen LogP contribution is -2.38. The van der Waals surface area contributed by atoms with Crippen LogP contribution in [0.5, 0.6) is 11.5 Å². The summed E-state index contributed by atoms with van der Waals surface area (Å²) in [5.41, 5.74) is 2.06. The van der Waals surface area contributed by atoms with Crippen LogP contribution in [-0.4, -0.2) is 55.2 Å². The van der Waals surface area contributed by atoms with Crippen LogP contribution in [0.2, 0.25) is 0 Å². The maximum absolute atomic E-state index is 13.5. The molecular weight excluding hydrogens is 421 g/mol. The third-order valence-electron chi connectivity index (χ3n) is 4.83. The summed E-state index contributed by atoms with van der Waals surface area (Å²) in [7, 11) is 3.07. The van der Waals surface area contributed by atoms with Crippen LogP contribution in [-0.2, 0) is 11.2 Å². The maximum Gasteiger partial charge on any atom is 0.313 e. The molecule has 0 fully saturated rings. The number of aryl methyl sites for hydroxylation is 1. The number of nitrogens with one attached hydrogen (secondary N) is 1. The van der Waals surface area contributed by atoms with Crippen molar-refractivity contribution in [3.8, 4) is 11.5 Å². The zero-order valence-electron chi connectivity index (χ0n) is 17.9. The van der Waals surface area contributed by atoms with E-state index in [9.17, 15) is 14.0 Å². The molecular formula is C23H28FNO5S. The number of carbonyl (C=O) groups excluding carboxylic acids is 1. The van der Waals surface area contributed by atoms with Crippen molar-refractivity contribution in [1.29, 1.82) is 0 Å². The number of carboxylic acids is 1. The Hall–Kier alpha value is -2.58. The lowest BCUT2D eigenvalue weighted by molar-refractivity contribution is -0.133. The topological polar surface area (TPSA) is 84.9 Å². The molecule has 0 spiro atoms. The minimum Gasteiger partial charge on any atom is -0.496 e. The molecule has 1 unspecified atom stereocenters. The molecule has 2 aromatic rings. The first-order valence-electron chi connectivity index (χ1n) is 9.90. The summed E-state index contributed by atoms with van der Waals surface area (Å²) in [5, 5.41) is 12.0. The normalized spacial score (nSPS) is 11.7. The molecule has 2 N–H and O–H groups in total. The smallest absolute Gasteiger partial charge is 0.313 e. The van der Waals surface area contributed by atoms with Gasteiger partial charge in [-0.05, 0) is 49.6 Å². The van der Waals surface area contributed by atoms with Gasteiger partial charge in [-0.3, -0.25) is 9.59 Å². The molecule has 31 heavy (non-hydrogen) atoms. The molecule has 0 saturated carbocycles. The number of thioether (sulfide) groups is 1. The Morgan fingerprint density at radius 2 is 1.84 bits per heavy atom. The van der Waals surface area contributed by atoms with E-state index in [1.807, 2.05) is 13.0 Å². The molecule has 0 amide bonds. The first-order valence-corrected chi connectivity index (χ1v) is 11.0. The number of hydrogen-bond donors (Lipinski definition) is 2. The van der Waals surface area contributed by atoms with Crippen molar-refractivity contribution in [1.82, 2.24) is 5.32 Å². The Balaban J connectivity index is 2.17. The van der Waals surface area contributed by atoms with Crippen molar-refractivity contribution in [3.63, 3.8) is 0 Å². The molecule has 0 radical (unpaired) electrons. The van der Waals surface area contributed by atoms with Crippen molar-refractivity contribution < 1.29 is 28.6 Å². The van der Waals surface area contributed by atoms with Crippen molar-refractivity contribution in [2.45, 2.75) is 25.8 Å². The van der Waals surface area contributed by atoms with Crippen LogP contribution in [0.3, 0.4) is 0 Å². The van der Waals surface area contributed by atoms with Gasteiger partial charge in [-0.2, -0.15) is 0 Å². The van der Waals surface area contributed by atoms with Gasteiger partial charge in [0.25, 0.3) is 0 Å². The Morgan fingerprint density at radius 3 is 2.42 bits per heavy atom. The van der Waals surface area contributed by atoms with Crippen LogP contribution in [0.4, 0.5) is 4.39 Å². The van der Waals surface area contributed by atoms with E-state index in [1.54, 1.807) is 18.2 Å². The largest absolute Gasteiger partial charge is 0.496 e. The van der Waals surface area contributed by atoms with Gasteiger partial charge in [-0.25, -0.2) is 4.39 Å². The highest BCUT2D eigenvalue weighted by Gasteiger charge is 2.22. The van der Waals surface area contributed by atoms with Gasteiger partial charge < -0.3 is 19.9 Å². The number of hydrogen-bond acceptors (Lipinski definition) is 6. The first kappa shape index (κ1) is 24.7. The Morgan fingerprint density at radius 1 is 1.16 bits per heavy atom. The molecule has 0 aliphatic heterocycles. The molecule has 0 aliphatic carbocycles. The second-order valence-corrected chi connectivity index (χ2v) is 8.10. The molecule has 2 aromatic carbocycles. The zero-order valence-corrected chi connectivity index (χ0v) is 18.8. The molecule has 0 aromatic heterocycles. The predicted octanol–water partition coefficient (Wildman–Crippen LogP) is 3.74. The second kappa shape index (κ2) is 12.3. The van der Waals surface area contributed by atoms with Gasteiger partial charge >= 0.3 is 5.97 Å². The van der Waals surface area contributed by atoms with Crippen LogP contribution >= 0.6 is 11.8 Å². The number of halogens is 1. The number of benzene rings is 2. The summed E-state index contributed by atoms with van der Waals surface area (Å²) in [6, 6.07) is 9.17. The number of Topliss-reactive ketones (excluding diaryl/α,β-unsaturated/α-hetero) is 1. The molecule has 0 aliphatic rings. The highest BCUT2D eigenvalue weighted by molar-refractivity contribution is 7.99. The molecule has 0 bridgehead atoms. The number of aliphatic carboxylic acids is 1. The zero-order chi connectivity index (χ0) is 22.8. The third kappa shape index (κ3) is 7.56. The fourth-order valence-corrected chi connectivity index (χ4v) is 3.80. The Bertz CT molecular complexity index is 880. The summed E-state index contributed by atoms with van der Waals surface area (Å²) >= 11 is 1.28. The van der Waals surface area contributed by atoms with Gasteiger partial charge in [0.15, 0.2) is 5.78 Å². The van der Waals surface area contributed by atoms with Crippen LogP contribution in [0.25, 0.3) is 0 Å². The summed E-state index contributed by atoms with van der Waals surface area (Å²) in [4.78, 5) is 24.0. The highest BCUT2D eigenvalue weighted by atomic mass is 32.2. The summed E-state index contributed by atoms with van der Waals surface area (Å²) in [6.45, 7) is 2.32. The molecule has 0 heterocycles. The van der Waals surface area contributed by atoms with E-state index in [0.717, 1.165) is 11.1 Å². The first-order chi connectivity index (χ1) is 14.8. The van der Waals surface area contributed by atoms with Crippen LogP contribution in [0.1, 0.15) is 27.9 Å². The summed E-state index contributed by atoms with van der Waals surface area (Å²) in [6.07, 6.45) is 0.980. The monoisotopic (exact) mass is 449 g/mol. The third-order valence-corrected chi connectivity index (χ3v) is 5.77. The maximum atomic E-state index is 13.5. The summed E-state index contributed by atoms with van der Waals surface area (Å²) < 4.78 is 24.3. The van der Waals surface area contributed by atoms with E-state index in [4.69, 9.17) is 14.6 Å². The highest BCUT2D eigenvalue weighted by Crippen LogP contribution is 2.30. The minimum absolute atomic E-state index is 0.00987. The van der Waals surface area contributed by atoms with E-state index in [0.29, 0.717) is 42.2 Å². The fraction of sp³-hybridized carbons (Fsp3) is 0.391. The number of carboxylic acid groups (broad SMARTS) is 1. The average molecular weight is 450 g/mol. The van der Waals surface area contributed by atoms with Crippen molar-refractivity contribution in [2.24, 2.45) is 0 Å². The Kier molecular flexibility index (Phi) is 9.81. The van der Waals surface area contributed by atoms with Crippen molar-refractivity contribution >= 4 is 23.5 Å². The lowest BCUT2D eigenvalue weighted by atomic mass is 9.96. The van der Waals surface area contributed by atoms with E-state index in [1.165, 1.54) is 38.1 Å². The van der Waals surface area contributed by atoms with Crippen molar-refractivity contribution in [3.05, 3.63) is 58.9 Å². The van der Waals surface area contributed by atoms with Crippen LogP contribution in [0, 0.1) is 12.7 Å². The van der Waals surface area contributed by atoms with Gasteiger partial charge in [0, 0.05) is 23.4 Å². The number of rotatable bonds is 13. The number of ether oxygens (including phenoxy) is 2. The molecule has 6 nitrogen and oxygen atoms in total. The molecule has 2 rings (SSSR count). The van der Waals surface area contributed by atoms with Gasteiger partial charge in [0.1, 0.15) is 17.3 Å². The minimum atomic E-state index is -0.873. The molecule has 1 atom stereocenters. The standard InChI is InChI=1S/C23H28FNO5S/c1-15-20(29-2)12-17(13-21(15)30-3)23(28)19(25-9-10-31-14-22(26)27)8-7-16-5-4-6-18(24)11-16/h4-6,11-13,19,25H,7-10,14H2,1-3H3,(H,26,27). The Labute approximate surface area is 186 Å². The summed E-state index contributed by atoms with van der Waals surface area (Å²) in [5.74, 6) is 0.365. The quantitative estimate of drug-likeness (QED) is 0.356. The van der Waals surface area contributed by atoms with Gasteiger partial charge in [-0.1, -0.05) is 12.1 Å². The number of carbonyl (C=O) groups is 2. The molecule has 8 heteroatoms. The average Bonchev–Trinajstić information content (AvgIpc) is 2.75. The van der Waals surface area contributed by atoms with Crippen LogP contribution < -0.4 is 14.8 Å². The van der Waals surface area contributed by atoms with Gasteiger partial charge in [-0.15, -0.1) is 11.8 Å². The fourth-order valence-electron chi connectivity index (χ4n) is 3.22. The van der Waals surface area contributed by atoms with Gasteiger partial charge in [0.05, 0.1) is 26.0 Å². The second-order valence-electron chi connectivity index (χ2n) is 6.99. The number of ketones is 1. The lowest BCUT2D eigenvalue weighted by Gasteiger charge is -2.19. The van der Waals surface area contributed by atoms with E-state index >= 15 is 0 Å². The molecule has 168 valence electrons. The van der Waals surface area contributed by atoms with Crippen LogP contribution in [0.15, 0.2) is 36.4 Å². The number of methoxy groups -OCH3 is 2. The SMILES string of the molecule is COc1cc(C(=O)C(CCc2cccc(F)c2)NCCSCC(=O)O)cc(OC)c1C. The molecule has 0 saturated heterocycles.